The highest BCUT2D eigenvalue weighted by atomic mass is 19.3. The van der Waals surface area contributed by atoms with Crippen LogP contribution in [0.3, 0.4) is 0 Å². The van der Waals surface area contributed by atoms with Crippen LogP contribution in [0.2, 0.25) is 0 Å². The second-order valence-corrected chi connectivity index (χ2v) is 5.90. The fourth-order valence-electron chi connectivity index (χ4n) is 2.26. The first-order chi connectivity index (χ1) is 13.4. The zero-order valence-corrected chi connectivity index (χ0v) is 15.5. The van der Waals surface area contributed by atoms with Gasteiger partial charge in [0.05, 0.1) is 0 Å². The number of benzene rings is 2. The summed E-state index contributed by atoms with van der Waals surface area (Å²) in [5, 5.41) is 2.68. The van der Waals surface area contributed by atoms with Crippen LogP contribution in [-0.4, -0.2) is 24.6 Å². The Hall–Kier alpha value is -3.22. The van der Waals surface area contributed by atoms with Crippen molar-refractivity contribution < 1.29 is 27.8 Å². The number of ether oxygens (including phenoxy) is 2. The van der Waals surface area contributed by atoms with Crippen LogP contribution in [0.25, 0.3) is 6.08 Å². The summed E-state index contributed by atoms with van der Waals surface area (Å²) in [4.78, 5) is 24.0. The molecule has 1 amide bonds. The van der Waals surface area contributed by atoms with Gasteiger partial charge in [0.15, 0.2) is 6.10 Å². The molecule has 0 bridgehead atoms. The first-order valence-corrected chi connectivity index (χ1v) is 8.70. The molecule has 5 nitrogen and oxygen atoms in total. The molecule has 0 aliphatic carbocycles. The maximum absolute atomic E-state index is 12.1. The van der Waals surface area contributed by atoms with E-state index in [1.54, 1.807) is 12.1 Å². The van der Waals surface area contributed by atoms with Crippen molar-refractivity contribution in [3.05, 3.63) is 65.7 Å². The number of carbonyl (C=O) groups excluding carboxylic acids is 2. The van der Waals surface area contributed by atoms with Crippen molar-refractivity contribution in [2.24, 2.45) is 0 Å². The molecule has 7 heteroatoms. The first-order valence-electron chi connectivity index (χ1n) is 8.70. The Bertz CT molecular complexity index is 817. The summed E-state index contributed by atoms with van der Waals surface area (Å²) in [5.41, 5.74) is 2.36. The zero-order valence-electron chi connectivity index (χ0n) is 15.5. The average molecular weight is 389 g/mol. The maximum atomic E-state index is 12.1. The van der Waals surface area contributed by atoms with E-state index in [9.17, 15) is 18.4 Å². The highest BCUT2D eigenvalue weighted by Gasteiger charge is 2.16. The third-order valence-corrected chi connectivity index (χ3v) is 3.81. The Morgan fingerprint density at radius 3 is 2.29 bits per heavy atom. The monoisotopic (exact) mass is 389 g/mol. The largest absolute Gasteiger partial charge is 0.449 e. The van der Waals surface area contributed by atoms with Crippen LogP contribution >= 0.6 is 0 Å². The summed E-state index contributed by atoms with van der Waals surface area (Å²) in [6.45, 7) is 0.611. The number of hydrogen-bond acceptors (Lipinski definition) is 4. The molecular weight excluding hydrogens is 368 g/mol. The predicted octanol–water partition coefficient (Wildman–Crippen LogP) is 4.43. The number of aryl methyl sites for hydroxylation is 1. The van der Waals surface area contributed by atoms with Gasteiger partial charge in [0.25, 0.3) is 5.91 Å². The summed E-state index contributed by atoms with van der Waals surface area (Å²) in [5.74, 6) is -1.12. The SMILES string of the molecule is CCc1ccc(NC(=O)[C@@H](C)OC(=O)/C=C/c2ccc(OC(F)F)cc2)cc1. The Morgan fingerprint density at radius 1 is 1.07 bits per heavy atom. The van der Waals surface area contributed by atoms with Crippen molar-refractivity contribution in [3.63, 3.8) is 0 Å². The lowest BCUT2D eigenvalue weighted by Gasteiger charge is -2.12. The molecule has 148 valence electrons. The number of anilines is 1. The molecule has 0 radical (unpaired) electrons. The zero-order chi connectivity index (χ0) is 20.5. The number of carbonyl (C=O) groups is 2. The van der Waals surface area contributed by atoms with Gasteiger partial charge in [-0.15, -0.1) is 0 Å². The molecule has 0 saturated carbocycles. The van der Waals surface area contributed by atoms with Crippen LogP contribution in [0.4, 0.5) is 14.5 Å². The molecule has 0 saturated heterocycles. The lowest BCUT2D eigenvalue weighted by molar-refractivity contribution is -0.148. The number of esters is 1. The van der Waals surface area contributed by atoms with Gasteiger partial charge in [-0.2, -0.15) is 8.78 Å². The molecular formula is C21H21F2NO4. The standard InChI is InChI=1S/C21H21F2NO4/c1-3-15-4-9-17(10-5-15)24-20(26)14(2)27-19(25)13-8-16-6-11-18(12-7-16)28-21(22)23/h4-14,21H,3H2,1-2H3,(H,24,26)/b13-8+/t14-/m1/s1. The number of amides is 1. The van der Waals surface area contributed by atoms with Crippen molar-refractivity contribution in [2.75, 3.05) is 5.32 Å². The first kappa shape index (κ1) is 21.1. The minimum Gasteiger partial charge on any atom is -0.449 e. The van der Waals surface area contributed by atoms with E-state index in [2.05, 4.69) is 10.1 Å². The Labute approximate surface area is 162 Å². The lowest BCUT2D eigenvalue weighted by atomic mass is 10.1. The highest BCUT2D eigenvalue weighted by Crippen LogP contribution is 2.16. The molecule has 0 aromatic heterocycles. The molecule has 0 unspecified atom stereocenters. The topological polar surface area (TPSA) is 64.6 Å². The fraction of sp³-hybridized carbons (Fsp3) is 0.238. The molecule has 0 aliphatic heterocycles. The van der Waals surface area contributed by atoms with Crippen molar-refractivity contribution in [3.8, 4) is 5.75 Å². The molecule has 1 atom stereocenters. The number of alkyl halides is 2. The average Bonchev–Trinajstić information content (AvgIpc) is 2.67. The van der Waals surface area contributed by atoms with Gasteiger partial charge in [-0.1, -0.05) is 31.2 Å². The molecule has 0 aliphatic rings. The fourth-order valence-corrected chi connectivity index (χ4v) is 2.26. The van der Waals surface area contributed by atoms with E-state index in [0.29, 0.717) is 11.3 Å². The van der Waals surface area contributed by atoms with E-state index in [-0.39, 0.29) is 5.75 Å². The van der Waals surface area contributed by atoms with Gasteiger partial charge < -0.3 is 14.8 Å². The van der Waals surface area contributed by atoms with Crippen LogP contribution in [-0.2, 0) is 20.7 Å². The van der Waals surface area contributed by atoms with Crippen molar-refractivity contribution >= 4 is 23.6 Å². The minimum absolute atomic E-state index is 0.0204. The van der Waals surface area contributed by atoms with Gasteiger partial charge in [0.2, 0.25) is 0 Å². The Kier molecular flexibility index (Phi) is 7.68. The van der Waals surface area contributed by atoms with Crippen LogP contribution in [0.15, 0.2) is 54.6 Å². The van der Waals surface area contributed by atoms with Gasteiger partial charge >= 0.3 is 12.6 Å². The molecule has 0 fully saturated rings. The third-order valence-electron chi connectivity index (χ3n) is 3.81. The quantitative estimate of drug-likeness (QED) is 0.536. The van der Waals surface area contributed by atoms with E-state index in [1.807, 2.05) is 19.1 Å². The normalized spacial score (nSPS) is 12.0. The number of halogens is 2. The molecule has 2 rings (SSSR count). The van der Waals surface area contributed by atoms with Crippen molar-refractivity contribution in [1.82, 2.24) is 0 Å². The van der Waals surface area contributed by atoms with Crippen molar-refractivity contribution in [1.29, 1.82) is 0 Å². The van der Waals surface area contributed by atoms with Crippen LogP contribution in [0, 0.1) is 0 Å². The summed E-state index contributed by atoms with van der Waals surface area (Å²) < 4.78 is 33.5. The molecule has 0 spiro atoms. The van der Waals surface area contributed by atoms with Gasteiger partial charge in [-0.25, -0.2) is 4.79 Å². The molecule has 1 N–H and O–H groups in total. The Morgan fingerprint density at radius 2 is 1.71 bits per heavy atom. The van der Waals surface area contributed by atoms with E-state index in [1.165, 1.54) is 37.3 Å². The van der Waals surface area contributed by atoms with Gasteiger partial charge in [0, 0.05) is 11.8 Å². The van der Waals surface area contributed by atoms with E-state index in [4.69, 9.17) is 4.74 Å². The minimum atomic E-state index is -2.89. The lowest BCUT2D eigenvalue weighted by Crippen LogP contribution is -2.29. The van der Waals surface area contributed by atoms with Crippen LogP contribution < -0.4 is 10.1 Å². The van der Waals surface area contributed by atoms with Gasteiger partial charge in [0.1, 0.15) is 5.75 Å². The second-order valence-electron chi connectivity index (χ2n) is 5.90. The predicted molar refractivity (Wildman–Crippen MR) is 102 cm³/mol. The van der Waals surface area contributed by atoms with Gasteiger partial charge in [-0.3, -0.25) is 4.79 Å². The molecule has 2 aromatic carbocycles. The number of nitrogens with one attached hydrogen (secondary N) is 1. The van der Waals surface area contributed by atoms with Gasteiger partial charge in [-0.05, 0) is 54.8 Å². The summed E-state index contributed by atoms with van der Waals surface area (Å²) >= 11 is 0. The summed E-state index contributed by atoms with van der Waals surface area (Å²) in [6, 6.07) is 13.1. The Balaban J connectivity index is 1.85. The summed E-state index contributed by atoms with van der Waals surface area (Å²) in [7, 11) is 0. The molecule has 2 aromatic rings. The summed E-state index contributed by atoms with van der Waals surface area (Å²) in [6.07, 6.45) is 2.52. The number of rotatable bonds is 8. The smallest absolute Gasteiger partial charge is 0.387 e. The van der Waals surface area contributed by atoms with Crippen molar-refractivity contribution in [2.45, 2.75) is 33.0 Å². The molecule has 28 heavy (non-hydrogen) atoms. The van der Waals surface area contributed by atoms with Crippen LogP contribution in [0.5, 0.6) is 5.75 Å². The third kappa shape index (κ3) is 6.83. The molecule has 0 heterocycles. The maximum Gasteiger partial charge on any atom is 0.387 e. The van der Waals surface area contributed by atoms with Crippen LogP contribution in [0.1, 0.15) is 25.0 Å². The van der Waals surface area contributed by atoms with E-state index < -0.39 is 24.6 Å². The van der Waals surface area contributed by atoms with E-state index >= 15 is 0 Å². The highest BCUT2D eigenvalue weighted by molar-refractivity contribution is 5.96. The van der Waals surface area contributed by atoms with E-state index in [0.717, 1.165) is 18.1 Å². The number of hydrogen-bond donors (Lipinski definition) is 1. The second kappa shape index (κ2) is 10.2.